The summed E-state index contributed by atoms with van der Waals surface area (Å²) in [7, 11) is 2.00. The van der Waals surface area contributed by atoms with Crippen molar-refractivity contribution in [3.63, 3.8) is 0 Å². The average molecular weight is 876 g/mol. The van der Waals surface area contributed by atoms with Crippen LogP contribution in [0, 0.1) is 29.6 Å². The van der Waals surface area contributed by atoms with Gasteiger partial charge in [-0.1, -0.05) is 27.7 Å². The van der Waals surface area contributed by atoms with Crippen LogP contribution < -0.4 is 35.7 Å². The minimum atomic E-state index is -0.0600. The van der Waals surface area contributed by atoms with Crippen LogP contribution in [0.2, 0.25) is 0 Å². The van der Waals surface area contributed by atoms with E-state index in [2.05, 4.69) is 33.0 Å². The normalized spacial score (nSPS) is 18.9. The van der Waals surface area contributed by atoms with E-state index in [1.54, 1.807) is 24.3 Å². The van der Waals surface area contributed by atoms with Crippen LogP contribution in [0.3, 0.4) is 0 Å². The van der Waals surface area contributed by atoms with Crippen molar-refractivity contribution in [2.75, 3.05) is 46.6 Å². The fraction of sp³-hybridized carbons (Fsp3) is 0.692. The summed E-state index contributed by atoms with van der Waals surface area (Å²) in [5.74, 6) is 3.26. The van der Waals surface area contributed by atoms with Gasteiger partial charge < -0.3 is 35.7 Å². The molecule has 0 amide bonds. The number of carbonyl (C=O) groups is 4. The zero-order valence-electron chi connectivity index (χ0n) is 39.4. The van der Waals surface area contributed by atoms with E-state index in [-0.39, 0.29) is 29.2 Å². The number of benzene rings is 2. The highest BCUT2D eigenvalue weighted by Crippen LogP contribution is 2.39. The number of carbonyl (C=O) groups excluding carboxylic acids is 4. The summed E-state index contributed by atoms with van der Waals surface area (Å²) in [6.45, 7) is 11.6. The summed E-state index contributed by atoms with van der Waals surface area (Å²) >= 11 is 0. The maximum Gasteiger partial charge on any atom is 0.166 e. The molecule has 2 fully saturated rings. The highest BCUT2D eigenvalue weighted by Gasteiger charge is 2.30. The molecule has 2 aromatic carbocycles. The highest BCUT2D eigenvalue weighted by molar-refractivity contribution is 6.05. The fourth-order valence-corrected chi connectivity index (χ4v) is 8.80. The second-order valence-corrected chi connectivity index (χ2v) is 19.1. The van der Waals surface area contributed by atoms with Gasteiger partial charge in [0.2, 0.25) is 0 Å². The van der Waals surface area contributed by atoms with Gasteiger partial charge in [0.1, 0.15) is 23.0 Å². The van der Waals surface area contributed by atoms with E-state index in [0.29, 0.717) is 128 Å². The first-order valence-electron chi connectivity index (χ1n) is 24.4. The number of ketones is 3. The van der Waals surface area contributed by atoms with Gasteiger partial charge >= 0.3 is 0 Å². The Labute approximate surface area is 378 Å². The Morgan fingerprint density at radius 1 is 0.556 bits per heavy atom. The zero-order valence-corrected chi connectivity index (χ0v) is 39.4. The predicted octanol–water partition coefficient (Wildman–Crippen LogP) is 10.4. The molecule has 0 heterocycles. The molecule has 0 atom stereocenters. The van der Waals surface area contributed by atoms with E-state index in [0.717, 1.165) is 109 Å². The molecule has 2 aliphatic rings. The van der Waals surface area contributed by atoms with Gasteiger partial charge in [-0.2, -0.15) is 0 Å². The molecule has 63 heavy (non-hydrogen) atoms. The molecule has 0 radical (unpaired) electrons. The van der Waals surface area contributed by atoms with Gasteiger partial charge in [-0.3, -0.25) is 19.2 Å². The molecule has 11 heteroatoms. The van der Waals surface area contributed by atoms with Crippen LogP contribution in [0.5, 0.6) is 23.0 Å². The first-order chi connectivity index (χ1) is 30.5. The summed E-state index contributed by atoms with van der Waals surface area (Å²) < 4.78 is 24.8. The van der Waals surface area contributed by atoms with E-state index in [1.165, 1.54) is 0 Å². The molecule has 2 saturated carbocycles. The number of rotatable bonds is 31. The van der Waals surface area contributed by atoms with E-state index >= 15 is 0 Å². The Balaban J connectivity index is 1.47. The number of ether oxygens (including phenoxy) is 4. The van der Waals surface area contributed by atoms with Crippen molar-refractivity contribution in [1.29, 1.82) is 0 Å². The second kappa shape index (κ2) is 28.2. The Morgan fingerprint density at radius 2 is 0.937 bits per heavy atom. The first kappa shape index (κ1) is 51.8. The molecular formula is C52H81N3O8. The molecule has 11 nitrogen and oxygen atoms in total. The van der Waals surface area contributed by atoms with Crippen LogP contribution in [0.25, 0.3) is 0 Å². The van der Waals surface area contributed by atoms with E-state index < -0.39 is 0 Å². The Morgan fingerprint density at radius 3 is 1.33 bits per heavy atom. The van der Waals surface area contributed by atoms with Gasteiger partial charge in [0.05, 0.1) is 48.7 Å². The second-order valence-electron chi connectivity index (χ2n) is 19.1. The number of Topliss-reactive ketones (excluding diaryl/α,β-unsaturated/α-hetero) is 3. The number of aldehydes is 1. The number of hydrogen-bond donors (Lipinski definition) is 3. The van der Waals surface area contributed by atoms with Crippen LogP contribution in [-0.2, 0) is 0 Å². The first-order valence-corrected chi connectivity index (χ1v) is 24.4. The third-order valence-electron chi connectivity index (χ3n) is 13.0. The van der Waals surface area contributed by atoms with E-state index in [9.17, 15) is 19.2 Å². The lowest BCUT2D eigenvalue weighted by atomic mass is 9.77. The maximum absolute atomic E-state index is 14.3. The number of nitrogens with two attached hydrogens (primary N) is 2. The molecular weight excluding hydrogens is 795 g/mol. The summed E-state index contributed by atoms with van der Waals surface area (Å²) in [4.78, 5) is 54.7. The lowest BCUT2D eigenvalue weighted by Gasteiger charge is -2.28. The van der Waals surface area contributed by atoms with Gasteiger partial charge in [0, 0.05) is 37.4 Å². The predicted molar refractivity (Wildman–Crippen MR) is 252 cm³/mol. The molecule has 0 bridgehead atoms. The lowest BCUT2D eigenvalue weighted by Crippen LogP contribution is -2.30. The van der Waals surface area contributed by atoms with Gasteiger partial charge in [0.25, 0.3) is 0 Å². The topological polar surface area (TPSA) is 169 Å². The van der Waals surface area contributed by atoms with Gasteiger partial charge in [-0.25, -0.2) is 0 Å². The monoisotopic (exact) mass is 876 g/mol. The third kappa shape index (κ3) is 17.6. The minimum Gasteiger partial charge on any atom is -0.493 e. The SMILES string of the molecule is CNC1CCC(CC(=O)c2cc(C(=O)CC3CCC(CC(=O)c4cc(C=O)c(OCCCCCN)cc4OCCCCCN)CC3)c(OCCC(C)C)cc2OCCC(C)C)CC1. The fourth-order valence-electron chi connectivity index (χ4n) is 8.80. The van der Waals surface area contributed by atoms with Crippen molar-refractivity contribution in [2.45, 2.75) is 156 Å². The van der Waals surface area contributed by atoms with Crippen molar-refractivity contribution in [3.8, 4) is 23.0 Å². The van der Waals surface area contributed by atoms with Gasteiger partial charge in [0.15, 0.2) is 23.6 Å². The summed E-state index contributed by atoms with van der Waals surface area (Å²) in [6.07, 6.45) is 16.2. The van der Waals surface area contributed by atoms with Crippen molar-refractivity contribution in [1.82, 2.24) is 5.32 Å². The van der Waals surface area contributed by atoms with Crippen LogP contribution in [-0.4, -0.2) is 76.2 Å². The van der Waals surface area contributed by atoms with Crippen LogP contribution in [0.15, 0.2) is 24.3 Å². The standard InChI is InChI=1S/C52H81N3O8/c1-36(2)20-26-62-51-34-52(63-27-21-37(3)4)45(48(59)30-40-16-18-42(55-5)19-17-40)32-44(51)47(58)29-39-14-12-38(13-15-39)28-46(57)43-31-41(35-56)49(60-24-10-6-8-22-53)33-50(43)61-25-11-7-9-23-54/h31-40,42,55H,6-30,53-54H2,1-5H3. The van der Waals surface area contributed by atoms with Crippen molar-refractivity contribution < 1.29 is 38.1 Å². The molecule has 352 valence electrons. The zero-order chi connectivity index (χ0) is 45.6. The molecule has 0 aliphatic heterocycles. The van der Waals surface area contributed by atoms with Gasteiger partial charge in [-0.15, -0.1) is 0 Å². The highest BCUT2D eigenvalue weighted by atomic mass is 16.5. The molecule has 2 aliphatic carbocycles. The molecule has 0 saturated heterocycles. The minimum absolute atomic E-state index is 0.0244. The summed E-state index contributed by atoms with van der Waals surface area (Å²) in [6, 6.07) is 7.40. The van der Waals surface area contributed by atoms with Crippen molar-refractivity contribution in [2.24, 2.45) is 41.1 Å². The summed E-state index contributed by atoms with van der Waals surface area (Å²) in [5.41, 5.74) is 13.0. The van der Waals surface area contributed by atoms with Crippen molar-refractivity contribution in [3.05, 3.63) is 46.5 Å². The van der Waals surface area contributed by atoms with Crippen LogP contribution >= 0.6 is 0 Å². The molecule has 0 aromatic heterocycles. The number of hydrogen-bond acceptors (Lipinski definition) is 11. The number of unbranched alkanes of at least 4 members (excludes halogenated alkanes) is 4. The molecule has 5 N–H and O–H groups in total. The maximum atomic E-state index is 14.3. The smallest absolute Gasteiger partial charge is 0.166 e. The van der Waals surface area contributed by atoms with Crippen LogP contribution in [0.1, 0.15) is 191 Å². The number of nitrogens with one attached hydrogen (secondary N) is 1. The third-order valence-corrected chi connectivity index (χ3v) is 13.0. The van der Waals surface area contributed by atoms with Gasteiger partial charge in [-0.05, 0) is 165 Å². The average Bonchev–Trinajstić information content (AvgIpc) is 3.26. The quantitative estimate of drug-likeness (QED) is 0.0374. The molecule has 4 rings (SSSR count). The Hall–Kier alpha value is -3.80. The van der Waals surface area contributed by atoms with Crippen molar-refractivity contribution >= 4 is 23.6 Å². The Bertz CT molecular complexity index is 1710. The molecule has 0 spiro atoms. The van der Waals surface area contributed by atoms with E-state index in [4.69, 9.17) is 30.4 Å². The Kier molecular flexibility index (Phi) is 23.2. The summed E-state index contributed by atoms with van der Waals surface area (Å²) in [5, 5.41) is 3.38. The van der Waals surface area contributed by atoms with Crippen LogP contribution in [0.4, 0.5) is 0 Å². The van der Waals surface area contributed by atoms with E-state index in [1.807, 2.05) is 7.05 Å². The largest absolute Gasteiger partial charge is 0.493 e. The lowest BCUT2D eigenvalue weighted by molar-refractivity contribution is 0.0899. The molecule has 0 unspecified atom stereocenters. The molecule has 2 aromatic rings.